The van der Waals surface area contributed by atoms with E-state index in [2.05, 4.69) is 49.1 Å². The summed E-state index contributed by atoms with van der Waals surface area (Å²) >= 11 is 3.67. The molecule has 0 amide bonds. The summed E-state index contributed by atoms with van der Waals surface area (Å²) in [6.07, 6.45) is 1.36. The van der Waals surface area contributed by atoms with E-state index in [1.165, 1.54) is 20.9 Å². The Bertz CT molecular complexity index is 581. The van der Waals surface area contributed by atoms with Crippen LogP contribution in [0.15, 0.2) is 40.6 Å². The van der Waals surface area contributed by atoms with Crippen LogP contribution < -0.4 is 12.4 Å². The molecule has 1 saturated heterocycles. The minimum absolute atomic E-state index is 0. The van der Waals surface area contributed by atoms with Gasteiger partial charge in [0.25, 0.3) is 0 Å². The topological polar surface area (TPSA) is 9.23 Å². The van der Waals surface area contributed by atoms with Gasteiger partial charge < -0.3 is 21.6 Å². The third kappa shape index (κ3) is 3.81. The Morgan fingerprint density at radius 1 is 1.14 bits per heavy atom. The zero-order valence-corrected chi connectivity index (χ0v) is 15.6. The van der Waals surface area contributed by atoms with E-state index in [-0.39, 0.29) is 12.4 Å². The largest absolute Gasteiger partial charge is 1.00 e. The van der Waals surface area contributed by atoms with E-state index in [4.69, 9.17) is 4.74 Å². The summed E-state index contributed by atoms with van der Waals surface area (Å²) in [4.78, 5) is 2.76. The number of ether oxygens (including phenoxy) is 1. The average Bonchev–Trinajstić information content (AvgIpc) is 3.11. The Morgan fingerprint density at radius 3 is 2.18 bits per heavy atom. The highest BCUT2D eigenvalue weighted by Gasteiger charge is 2.33. The molecule has 0 saturated carbocycles. The fourth-order valence-corrected chi connectivity index (χ4v) is 4.92. The van der Waals surface area contributed by atoms with Gasteiger partial charge in [0.2, 0.25) is 0 Å². The van der Waals surface area contributed by atoms with E-state index in [9.17, 15) is 0 Å². The summed E-state index contributed by atoms with van der Waals surface area (Å²) in [5, 5.41) is 4.33. The average molecular weight is 356 g/mol. The first-order valence-corrected chi connectivity index (χ1v) is 8.99. The van der Waals surface area contributed by atoms with Gasteiger partial charge in [-0.3, -0.25) is 0 Å². The summed E-state index contributed by atoms with van der Waals surface area (Å²) in [6, 6.07) is 8.77. The Balaban J connectivity index is 0.00000176. The predicted molar refractivity (Wildman–Crippen MR) is 91.9 cm³/mol. The lowest BCUT2D eigenvalue weighted by Gasteiger charge is -2.39. The van der Waals surface area contributed by atoms with Crippen LogP contribution in [0.1, 0.15) is 16.2 Å². The van der Waals surface area contributed by atoms with E-state index in [0.717, 1.165) is 24.0 Å². The first-order valence-electron chi connectivity index (χ1n) is 7.23. The van der Waals surface area contributed by atoms with E-state index in [1.807, 2.05) is 29.8 Å². The molecule has 3 heterocycles. The number of rotatable bonds is 3. The fraction of sp³-hybridized carbons (Fsp3) is 0.412. The normalized spacial score (nSPS) is 20.5. The van der Waals surface area contributed by atoms with Crippen molar-refractivity contribution in [1.29, 1.82) is 0 Å². The van der Waals surface area contributed by atoms with Crippen molar-refractivity contribution in [2.45, 2.75) is 12.5 Å². The van der Waals surface area contributed by atoms with Crippen LogP contribution in [0.5, 0.6) is 0 Å². The Labute approximate surface area is 147 Å². The van der Waals surface area contributed by atoms with Gasteiger partial charge in [-0.1, -0.05) is 12.1 Å². The van der Waals surface area contributed by atoms with Crippen LogP contribution in [0.3, 0.4) is 0 Å². The number of nitrogens with zero attached hydrogens (tertiary/aromatic N) is 1. The number of likely N-dealkylation sites (N-methyl/N-ethyl adjacent to an activating group) is 1. The van der Waals surface area contributed by atoms with Crippen LogP contribution in [0.2, 0.25) is 0 Å². The van der Waals surface area contributed by atoms with E-state index >= 15 is 0 Å². The van der Waals surface area contributed by atoms with Crippen LogP contribution in [-0.2, 0) is 4.74 Å². The first-order chi connectivity index (χ1) is 10.1. The first kappa shape index (κ1) is 17.7. The molecule has 120 valence electrons. The van der Waals surface area contributed by atoms with Gasteiger partial charge in [0, 0.05) is 28.9 Å². The maximum absolute atomic E-state index is 5.70. The molecular formula is C17H22ClNOS2. The van der Waals surface area contributed by atoms with Crippen molar-refractivity contribution in [2.24, 2.45) is 0 Å². The number of halogens is 1. The molecule has 0 radical (unpaired) electrons. The molecule has 0 spiro atoms. The highest BCUT2D eigenvalue weighted by atomic mass is 35.5. The molecule has 3 rings (SSSR count). The molecule has 0 bridgehead atoms. The van der Waals surface area contributed by atoms with Gasteiger partial charge >= 0.3 is 0 Å². The second-order valence-corrected chi connectivity index (χ2v) is 8.17. The van der Waals surface area contributed by atoms with Crippen molar-refractivity contribution >= 4 is 28.2 Å². The maximum atomic E-state index is 5.70. The minimum Gasteiger partial charge on any atom is -1.00 e. The maximum Gasteiger partial charge on any atom is 0.110 e. The van der Waals surface area contributed by atoms with Crippen LogP contribution >= 0.6 is 22.7 Å². The van der Waals surface area contributed by atoms with Gasteiger partial charge in [-0.25, -0.2) is 0 Å². The van der Waals surface area contributed by atoms with Crippen molar-refractivity contribution in [1.82, 2.24) is 0 Å². The summed E-state index contributed by atoms with van der Waals surface area (Å²) in [7, 11) is 6.43. The van der Waals surface area contributed by atoms with Gasteiger partial charge in [-0.2, -0.15) is 0 Å². The molecule has 2 nitrogen and oxygen atoms in total. The smallest absolute Gasteiger partial charge is 0.110 e. The highest BCUT2D eigenvalue weighted by molar-refractivity contribution is 7.13. The van der Waals surface area contributed by atoms with E-state index in [1.54, 1.807) is 0 Å². The second-order valence-electron chi connectivity index (χ2n) is 6.27. The number of quaternary nitrogens is 1. The van der Waals surface area contributed by atoms with Crippen molar-refractivity contribution in [3.63, 3.8) is 0 Å². The Morgan fingerprint density at radius 2 is 1.73 bits per heavy atom. The number of likely N-dealkylation sites (tertiary alicyclic amines) is 1. The highest BCUT2D eigenvalue weighted by Crippen LogP contribution is 2.37. The van der Waals surface area contributed by atoms with Crippen LogP contribution in [0.25, 0.3) is 5.57 Å². The molecule has 1 unspecified atom stereocenters. The van der Waals surface area contributed by atoms with Crippen LogP contribution in [0.4, 0.5) is 0 Å². The molecule has 1 atom stereocenters. The second kappa shape index (κ2) is 7.28. The Hall–Kier alpha value is -0.650. The van der Waals surface area contributed by atoms with Gasteiger partial charge in [-0.05, 0) is 28.5 Å². The number of thiophene rings is 2. The zero-order chi connectivity index (χ0) is 14.9. The quantitative estimate of drug-likeness (QED) is 0.749. The lowest BCUT2D eigenvalue weighted by atomic mass is 9.94. The summed E-state index contributed by atoms with van der Waals surface area (Å²) in [5.74, 6) is 0. The van der Waals surface area contributed by atoms with Crippen molar-refractivity contribution in [3.8, 4) is 0 Å². The zero-order valence-electron chi connectivity index (χ0n) is 13.2. The molecule has 2 aromatic rings. The molecule has 1 aliphatic heterocycles. The number of methoxy groups -OCH3 is 1. The number of hydrogen-bond acceptors (Lipinski definition) is 3. The van der Waals surface area contributed by atoms with Gasteiger partial charge in [-0.15, -0.1) is 22.7 Å². The number of piperidine rings is 1. The van der Waals surface area contributed by atoms with Crippen molar-refractivity contribution < 1.29 is 21.6 Å². The third-order valence-electron chi connectivity index (χ3n) is 4.01. The summed E-state index contributed by atoms with van der Waals surface area (Å²) < 4.78 is 6.69. The molecule has 2 aromatic heterocycles. The summed E-state index contributed by atoms with van der Waals surface area (Å²) in [5.41, 5.74) is 2.97. The molecule has 1 fully saturated rings. The lowest BCUT2D eigenvalue weighted by Crippen LogP contribution is -3.00. The molecule has 1 aliphatic rings. The number of hydrogen-bond donors (Lipinski definition) is 0. The van der Waals surface area contributed by atoms with Crippen LogP contribution in [0, 0.1) is 0 Å². The monoisotopic (exact) mass is 355 g/mol. The van der Waals surface area contributed by atoms with Crippen molar-refractivity contribution in [2.75, 3.05) is 34.3 Å². The molecule has 0 aliphatic carbocycles. The fourth-order valence-electron chi connectivity index (χ4n) is 3.19. The lowest BCUT2D eigenvalue weighted by molar-refractivity contribution is -0.892. The molecule has 22 heavy (non-hydrogen) atoms. The SMILES string of the molecule is COC1CC(=C(c2cccs2)c2cccs2)C[N+](C)(C)C1.[Cl-]. The molecule has 0 N–H and O–H groups in total. The molecular weight excluding hydrogens is 334 g/mol. The van der Waals surface area contributed by atoms with E-state index < -0.39 is 0 Å². The predicted octanol–water partition coefficient (Wildman–Crippen LogP) is 1.11. The Kier molecular flexibility index (Phi) is 5.86. The van der Waals surface area contributed by atoms with E-state index in [0.29, 0.717) is 6.10 Å². The van der Waals surface area contributed by atoms with Crippen LogP contribution in [-0.4, -0.2) is 44.9 Å². The molecule has 5 heteroatoms. The van der Waals surface area contributed by atoms with Gasteiger partial charge in [0.1, 0.15) is 19.2 Å². The minimum atomic E-state index is 0. The standard InChI is InChI=1S/C17H22NOS2.ClH/c1-18(2)11-13(10-14(12-18)19-3)17(15-6-4-8-20-15)16-7-5-9-21-16;/h4-9,14H,10-12H2,1-3H3;1H/q+1;/p-1. The summed E-state index contributed by atoms with van der Waals surface area (Å²) in [6.45, 7) is 2.19. The van der Waals surface area contributed by atoms with Gasteiger partial charge in [0.15, 0.2) is 0 Å². The van der Waals surface area contributed by atoms with Gasteiger partial charge in [0.05, 0.1) is 14.1 Å². The molecule has 0 aromatic carbocycles. The van der Waals surface area contributed by atoms with Crippen molar-refractivity contribution in [3.05, 3.63) is 50.4 Å². The third-order valence-corrected chi connectivity index (χ3v) is 5.79.